The fourth-order valence-electron chi connectivity index (χ4n) is 3.94. The Morgan fingerprint density at radius 3 is 2.46 bits per heavy atom. The van der Waals surface area contributed by atoms with Gasteiger partial charge in [-0.25, -0.2) is 0 Å². The van der Waals surface area contributed by atoms with Crippen molar-refractivity contribution in [3.05, 3.63) is 71.5 Å². The molecule has 0 bridgehead atoms. The van der Waals surface area contributed by atoms with E-state index in [4.69, 9.17) is 14.6 Å². The van der Waals surface area contributed by atoms with Crippen LogP contribution in [0.3, 0.4) is 0 Å². The Bertz CT molecular complexity index is 1180. The second kappa shape index (κ2) is 12.8. The molecule has 0 radical (unpaired) electrons. The summed E-state index contributed by atoms with van der Waals surface area (Å²) in [5.41, 5.74) is 3.27. The number of benzene rings is 2. The van der Waals surface area contributed by atoms with E-state index in [9.17, 15) is 14.7 Å². The van der Waals surface area contributed by atoms with Crippen LogP contribution in [0.4, 0.5) is 5.69 Å². The molecule has 4 rings (SSSR count). The average molecular weight is 527 g/mol. The molecule has 0 aliphatic carbocycles. The van der Waals surface area contributed by atoms with Crippen molar-refractivity contribution in [2.24, 2.45) is 7.05 Å². The molecular weight excluding hydrogens is 496 g/mol. The van der Waals surface area contributed by atoms with E-state index in [1.165, 1.54) is 0 Å². The summed E-state index contributed by atoms with van der Waals surface area (Å²) < 4.78 is 14.5. The first-order valence-electron chi connectivity index (χ1n) is 12.0. The van der Waals surface area contributed by atoms with Gasteiger partial charge in [-0.1, -0.05) is 48.2 Å². The van der Waals surface area contributed by atoms with Crippen molar-refractivity contribution >= 4 is 29.3 Å². The number of nitrogens with one attached hydrogen (secondary N) is 1. The molecule has 10 nitrogen and oxygen atoms in total. The van der Waals surface area contributed by atoms with Crippen molar-refractivity contribution in [3.63, 3.8) is 0 Å². The van der Waals surface area contributed by atoms with Gasteiger partial charge in [-0.05, 0) is 29.7 Å². The number of aromatic nitrogens is 3. The van der Waals surface area contributed by atoms with E-state index in [2.05, 4.69) is 15.5 Å². The van der Waals surface area contributed by atoms with Crippen molar-refractivity contribution in [2.75, 3.05) is 11.1 Å². The highest BCUT2D eigenvalue weighted by Crippen LogP contribution is 2.39. The number of ether oxygens (including phenoxy) is 2. The third kappa shape index (κ3) is 7.62. The summed E-state index contributed by atoms with van der Waals surface area (Å²) in [5, 5.41) is 29.8. The number of aliphatic hydroxyl groups is 1. The number of hydrogen-bond acceptors (Lipinski definition) is 8. The molecular formula is C26H30N4O6S. The predicted molar refractivity (Wildman–Crippen MR) is 137 cm³/mol. The minimum Gasteiger partial charge on any atom is -0.481 e. The van der Waals surface area contributed by atoms with Crippen molar-refractivity contribution in [3.8, 4) is 0 Å². The number of carbonyl (C=O) groups excluding carboxylic acids is 1. The summed E-state index contributed by atoms with van der Waals surface area (Å²) in [6.07, 6.45) is 1.78. The van der Waals surface area contributed by atoms with E-state index >= 15 is 0 Å². The third-order valence-corrected chi connectivity index (χ3v) is 7.11. The van der Waals surface area contributed by atoms with Gasteiger partial charge in [0.25, 0.3) is 0 Å². The predicted octanol–water partition coefficient (Wildman–Crippen LogP) is 3.84. The van der Waals surface area contributed by atoms with Crippen LogP contribution in [0.2, 0.25) is 0 Å². The number of amides is 1. The summed E-state index contributed by atoms with van der Waals surface area (Å²) in [6.45, 7) is -0.0169. The quantitative estimate of drug-likeness (QED) is 0.318. The molecule has 3 aromatic rings. The fourth-order valence-corrected chi connectivity index (χ4v) is 4.85. The SMILES string of the molecule is Cn1cnnc1SC[C@@H]1C[C@H](c2ccc(CO)cc2)O[C@H](c2ccc(NC(=O)CCCC(=O)O)cc2)O1. The monoisotopic (exact) mass is 526 g/mol. The number of carbonyl (C=O) groups is 2. The van der Waals surface area contributed by atoms with E-state index in [-0.39, 0.29) is 44.0 Å². The zero-order chi connectivity index (χ0) is 26.2. The topological polar surface area (TPSA) is 136 Å². The molecule has 1 aliphatic rings. The molecule has 11 heteroatoms. The van der Waals surface area contributed by atoms with Crippen LogP contribution in [0.15, 0.2) is 60.0 Å². The van der Waals surface area contributed by atoms with Gasteiger partial charge in [0.2, 0.25) is 5.91 Å². The molecule has 0 unspecified atom stereocenters. The van der Waals surface area contributed by atoms with Gasteiger partial charge < -0.3 is 29.6 Å². The highest BCUT2D eigenvalue weighted by molar-refractivity contribution is 7.99. The van der Waals surface area contributed by atoms with Crippen molar-refractivity contribution in [1.29, 1.82) is 0 Å². The van der Waals surface area contributed by atoms with E-state index in [1.54, 1.807) is 30.2 Å². The maximum atomic E-state index is 12.1. The number of carboxylic acids is 1. The normalized spacial score (nSPS) is 19.5. The first-order valence-corrected chi connectivity index (χ1v) is 13.0. The van der Waals surface area contributed by atoms with E-state index in [1.807, 2.05) is 48.0 Å². The van der Waals surface area contributed by atoms with Crippen LogP contribution in [0.25, 0.3) is 0 Å². The number of anilines is 1. The summed E-state index contributed by atoms with van der Waals surface area (Å²) in [7, 11) is 1.90. The molecule has 0 spiro atoms. The van der Waals surface area contributed by atoms with Crippen LogP contribution in [0, 0.1) is 0 Å². The molecule has 0 saturated carbocycles. The Balaban J connectivity index is 1.44. The van der Waals surface area contributed by atoms with Gasteiger partial charge in [0, 0.05) is 43.3 Å². The standard InChI is InChI=1S/C26H30N4O6S/c1-30-16-27-29-26(30)37-15-21-13-22(18-7-5-17(14-31)6-8-18)36-25(35-21)19-9-11-20(12-10-19)28-23(32)3-2-4-24(33)34/h5-12,16,21-22,25,31H,2-4,13-15H2,1H3,(H,28,32)(H,33,34)/t21-,22+,25+/m0/s1. The molecule has 1 aliphatic heterocycles. The molecule has 1 aromatic heterocycles. The summed E-state index contributed by atoms with van der Waals surface area (Å²) in [4.78, 5) is 22.7. The molecule has 2 heterocycles. The van der Waals surface area contributed by atoms with Gasteiger partial charge in [0.1, 0.15) is 6.33 Å². The Kier molecular flexibility index (Phi) is 9.29. The lowest BCUT2D eigenvalue weighted by Crippen LogP contribution is -2.31. The molecule has 37 heavy (non-hydrogen) atoms. The van der Waals surface area contributed by atoms with E-state index in [0.717, 1.165) is 21.8 Å². The van der Waals surface area contributed by atoms with Crippen LogP contribution < -0.4 is 5.32 Å². The maximum Gasteiger partial charge on any atom is 0.303 e. The number of carboxylic acid groups (broad SMARTS) is 1. The number of aryl methyl sites for hydroxylation is 1. The van der Waals surface area contributed by atoms with E-state index in [0.29, 0.717) is 17.9 Å². The molecule has 196 valence electrons. The Morgan fingerprint density at radius 2 is 1.81 bits per heavy atom. The highest BCUT2D eigenvalue weighted by Gasteiger charge is 2.32. The van der Waals surface area contributed by atoms with Gasteiger partial charge >= 0.3 is 5.97 Å². The van der Waals surface area contributed by atoms with Gasteiger partial charge in [-0.3, -0.25) is 9.59 Å². The second-order valence-corrected chi connectivity index (χ2v) is 9.79. The number of thioether (sulfide) groups is 1. The lowest BCUT2D eigenvalue weighted by atomic mass is 10.0. The number of rotatable bonds is 11. The smallest absolute Gasteiger partial charge is 0.303 e. The zero-order valence-electron chi connectivity index (χ0n) is 20.4. The lowest BCUT2D eigenvalue weighted by molar-refractivity contribution is -0.245. The maximum absolute atomic E-state index is 12.1. The van der Waals surface area contributed by atoms with Crippen LogP contribution in [0.1, 0.15) is 54.8 Å². The molecule has 1 fully saturated rings. The molecule has 3 N–H and O–H groups in total. The molecule has 3 atom stereocenters. The number of nitrogens with zero attached hydrogens (tertiary/aromatic N) is 3. The van der Waals surface area contributed by atoms with Gasteiger partial charge in [-0.2, -0.15) is 0 Å². The highest BCUT2D eigenvalue weighted by atomic mass is 32.2. The summed E-state index contributed by atoms with van der Waals surface area (Å²) in [5.74, 6) is -0.478. The number of aliphatic carboxylic acids is 1. The Hall–Kier alpha value is -3.25. The first-order chi connectivity index (χ1) is 17.9. The van der Waals surface area contributed by atoms with Crippen molar-refractivity contribution < 1.29 is 29.3 Å². The molecule has 2 aromatic carbocycles. The van der Waals surface area contributed by atoms with Crippen LogP contribution >= 0.6 is 11.8 Å². The first kappa shape index (κ1) is 26.8. The largest absolute Gasteiger partial charge is 0.481 e. The van der Waals surface area contributed by atoms with Gasteiger partial charge in [0.15, 0.2) is 11.4 Å². The van der Waals surface area contributed by atoms with Crippen LogP contribution in [-0.2, 0) is 32.7 Å². The summed E-state index contributed by atoms with van der Waals surface area (Å²) >= 11 is 1.57. The fraction of sp³-hybridized carbons (Fsp3) is 0.385. The van der Waals surface area contributed by atoms with Crippen LogP contribution in [0.5, 0.6) is 0 Å². The lowest BCUT2D eigenvalue weighted by Gasteiger charge is -2.36. The van der Waals surface area contributed by atoms with Crippen LogP contribution in [-0.4, -0.2) is 48.7 Å². The molecule has 1 amide bonds. The van der Waals surface area contributed by atoms with Crippen molar-refractivity contribution in [2.45, 2.75) is 55.9 Å². The minimum atomic E-state index is -0.916. The average Bonchev–Trinajstić information content (AvgIpc) is 3.32. The van der Waals surface area contributed by atoms with Gasteiger partial charge in [-0.15, -0.1) is 10.2 Å². The zero-order valence-corrected chi connectivity index (χ0v) is 21.3. The molecule has 1 saturated heterocycles. The number of hydrogen-bond donors (Lipinski definition) is 3. The third-order valence-electron chi connectivity index (χ3n) is 5.94. The van der Waals surface area contributed by atoms with Crippen molar-refractivity contribution in [1.82, 2.24) is 14.8 Å². The van der Waals surface area contributed by atoms with E-state index < -0.39 is 12.3 Å². The number of aliphatic hydroxyl groups excluding tert-OH is 1. The Morgan fingerprint density at radius 1 is 1.08 bits per heavy atom. The van der Waals surface area contributed by atoms with Gasteiger partial charge in [0.05, 0.1) is 18.8 Å². The second-order valence-electron chi connectivity index (χ2n) is 8.80. The summed E-state index contributed by atoms with van der Waals surface area (Å²) in [6, 6.07) is 15.0. The Labute approximate surface area is 219 Å². The minimum absolute atomic E-state index is 0.0169.